The normalized spacial score (nSPS) is 19.5. The highest BCUT2D eigenvalue weighted by molar-refractivity contribution is 5.75. The standard InChI is InChI=1S/C15H18N2O2/c1-11(18-3)13-6-12(4-5-14(13)16-2)17-7-15(8-17)9-19-10-15/h4-6H,1-2,7-10H2,3H3. The number of rotatable bonds is 4. The highest BCUT2D eigenvalue weighted by atomic mass is 16.5. The van der Waals surface area contributed by atoms with Gasteiger partial charge in [0.15, 0.2) is 0 Å². The Bertz CT molecular complexity index is 527. The maximum atomic E-state index is 5.30. The summed E-state index contributed by atoms with van der Waals surface area (Å²) in [5, 5.41) is 0. The molecule has 2 saturated heterocycles. The Morgan fingerprint density at radius 3 is 2.68 bits per heavy atom. The lowest BCUT2D eigenvalue weighted by Crippen LogP contribution is -2.66. The first-order valence-corrected chi connectivity index (χ1v) is 6.34. The van der Waals surface area contributed by atoms with Crippen molar-refractivity contribution in [3.8, 4) is 0 Å². The Morgan fingerprint density at radius 2 is 2.16 bits per heavy atom. The van der Waals surface area contributed by atoms with E-state index >= 15 is 0 Å². The largest absolute Gasteiger partial charge is 0.497 e. The lowest BCUT2D eigenvalue weighted by atomic mass is 9.77. The van der Waals surface area contributed by atoms with Gasteiger partial charge in [-0.1, -0.05) is 6.58 Å². The van der Waals surface area contributed by atoms with Gasteiger partial charge >= 0.3 is 0 Å². The van der Waals surface area contributed by atoms with Crippen molar-refractivity contribution in [2.24, 2.45) is 10.4 Å². The van der Waals surface area contributed by atoms with Crippen molar-refractivity contribution in [2.75, 3.05) is 38.3 Å². The molecule has 1 aromatic rings. The summed E-state index contributed by atoms with van der Waals surface area (Å²) in [7, 11) is 1.62. The maximum absolute atomic E-state index is 5.30. The molecule has 0 bridgehead atoms. The second kappa shape index (κ2) is 4.38. The SMILES string of the molecule is C=Nc1ccc(N2CC3(COC3)C2)cc1C(=C)OC. The second-order valence-electron chi connectivity index (χ2n) is 5.34. The average molecular weight is 258 g/mol. The van der Waals surface area contributed by atoms with Crippen LogP contribution in [0.2, 0.25) is 0 Å². The zero-order chi connectivity index (χ0) is 13.5. The molecule has 4 heteroatoms. The molecule has 100 valence electrons. The molecule has 0 amide bonds. The van der Waals surface area contributed by atoms with Crippen molar-refractivity contribution in [1.82, 2.24) is 0 Å². The van der Waals surface area contributed by atoms with E-state index in [1.165, 1.54) is 5.69 Å². The minimum Gasteiger partial charge on any atom is -0.497 e. The van der Waals surface area contributed by atoms with Gasteiger partial charge in [-0.3, -0.25) is 4.99 Å². The molecular formula is C15H18N2O2. The minimum atomic E-state index is 0.411. The summed E-state index contributed by atoms with van der Waals surface area (Å²) in [5.74, 6) is 0.617. The molecule has 19 heavy (non-hydrogen) atoms. The molecule has 0 radical (unpaired) electrons. The Balaban J connectivity index is 1.83. The third kappa shape index (κ3) is 1.92. The van der Waals surface area contributed by atoms with Crippen molar-refractivity contribution < 1.29 is 9.47 Å². The van der Waals surface area contributed by atoms with Crippen molar-refractivity contribution in [1.29, 1.82) is 0 Å². The molecule has 0 unspecified atom stereocenters. The van der Waals surface area contributed by atoms with Crippen LogP contribution in [0.5, 0.6) is 0 Å². The molecule has 0 aliphatic carbocycles. The zero-order valence-corrected chi connectivity index (χ0v) is 11.2. The fourth-order valence-corrected chi connectivity index (χ4v) is 2.71. The van der Waals surface area contributed by atoms with E-state index in [-0.39, 0.29) is 0 Å². The molecule has 3 rings (SSSR count). The first kappa shape index (κ1) is 12.2. The van der Waals surface area contributed by atoms with Gasteiger partial charge in [0, 0.05) is 24.3 Å². The van der Waals surface area contributed by atoms with Crippen LogP contribution in [0.15, 0.2) is 29.8 Å². The minimum absolute atomic E-state index is 0.411. The number of aliphatic imine (C=N–C) groups is 1. The molecule has 0 atom stereocenters. The number of hydrogen-bond donors (Lipinski definition) is 0. The monoisotopic (exact) mass is 258 g/mol. The molecule has 0 N–H and O–H groups in total. The van der Waals surface area contributed by atoms with E-state index in [2.05, 4.69) is 35.3 Å². The van der Waals surface area contributed by atoms with E-state index in [4.69, 9.17) is 9.47 Å². The summed E-state index contributed by atoms with van der Waals surface area (Å²) in [6.07, 6.45) is 0. The quantitative estimate of drug-likeness (QED) is 0.614. The maximum Gasteiger partial charge on any atom is 0.121 e. The summed E-state index contributed by atoms with van der Waals surface area (Å²) < 4.78 is 10.5. The summed E-state index contributed by atoms with van der Waals surface area (Å²) >= 11 is 0. The van der Waals surface area contributed by atoms with E-state index in [1.807, 2.05) is 6.07 Å². The predicted octanol–water partition coefficient (Wildman–Crippen LogP) is 2.47. The Kier molecular flexibility index (Phi) is 2.82. The molecule has 2 aliphatic rings. The Labute approximate surface area is 113 Å². The van der Waals surface area contributed by atoms with Gasteiger partial charge in [0.1, 0.15) is 5.76 Å². The van der Waals surface area contributed by atoms with E-state index in [1.54, 1.807) is 7.11 Å². The van der Waals surface area contributed by atoms with Gasteiger partial charge in [0.05, 0.1) is 31.4 Å². The van der Waals surface area contributed by atoms with Crippen molar-refractivity contribution >= 4 is 23.9 Å². The van der Waals surface area contributed by atoms with E-state index in [0.29, 0.717) is 11.2 Å². The van der Waals surface area contributed by atoms with Gasteiger partial charge in [0.25, 0.3) is 0 Å². The molecular weight excluding hydrogens is 240 g/mol. The number of anilines is 1. The van der Waals surface area contributed by atoms with Crippen LogP contribution in [0.1, 0.15) is 5.56 Å². The van der Waals surface area contributed by atoms with Crippen LogP contribution in [0, 0.1) is 5.41 Å². The first-order chi connectivity index (χ1) is 9.17. The molecule has 0 aromatic heterocycles. The van der Waals surface area contributed by atoms with Crippen LogP contribution in [0.3, 0.4) is 0 Å². The summed E-state index contributed by atoms with van der Waals surface area (Å²) in [6, 6.07) is 6.11. The van der Waals surface area contributed by atoms with Gasteiger partial charge in [-0.2, -0.15) is 0 Å². The molecule has 0 saturated carbocycles. The lowest BCUT2D eigenvalue weighted by molar-refractivity contribution is -0.127. The number of methoxy groups -OCH3 is 1. The molecule has 2 aliphatic heterocycles. The summed E-state index contributed by atoms with van der Waals surface area (Å²) in [5.41, 5.74) is 3.30. The average Bonchev–Trinajstić information content (AvgIpc) is 2.34. The molecule has 1 spiro atoms. The van der Waals surface area contributed by atoms with Gasteiger partial charge < -0.3 is 14.4 Å². The lowest BCUT2D eigenvalue weighted by Gasteiger charge is -2.56. The fraction of sp³-hybridized carbons (Fsp3) is 0.400. The van der Waals surface area contributed by atoms with E-state index in [9.17, 15) is 0 Å². The van der Waals surface area contributed by atoms with Crippen molar-refractivity contribution in [2.45, 2.75) is 0 Å². The predicted molar refractivity (Wildman–Crippen MR) is 77.2 cm³/mol. The van der Waals surface area contributed by atoms with Crippen molar-refractivity contribution in [3.63, 3.8) is 0 Å². The fourth-order valence-electron chi connectivity index (χ4n) is 2.71. The third-order valence-electron chi connectivity index (χ3n) is 3.93. The highest BCUT2D eigenvalue weighted by Gasteiger charge is 2.49. The molecule has 4 nitrogen and oxygen atoms in total. The van der Waals surface area contributed by atoms with Crippen molar-refractivity contribution in [3.05, 3.63) is 30.3 Å². The van der Waals surface area contributed by atoms with Gasteiger partial charge in [-0.25, -0.2) is 0 Å². The number of hydrogen-bond acceptors (Lipinski definition) is 4. The second-order valence-corrected chi connectivity index (χ2v) is 5.34. The molecule has 2 heterocycles. The summed E-state index contributed by atoms with van der Waals surface area (Å²) in [6.45, 7) is 11.4. The van der Waals surface area contributed by atoms with Crippen LogP contribution >= 0.6 is 0 Å². The van der Waals surface area contributed by atoms with E-state index < -0.39 is 0 Å². The molecule has 2 fully saturated rings. The Morgan fingerprint density at radius 1 is 1.42 bits per heavy atom. The topological polar surface area (TPSA) is 34.1 Å². The van der Waals surface area contributed by atoms with Gasteiger partial charge in [-0.05, 0) is 24.9 Å². The number of ether oxygens (including phenoxy) is 2. The number of benzene rings is 1. The van der Waals surface area contributed by atoms with Crippen LogP contribution in [-0.2, 0) is 9.47 Å². The third-order valence-corrected chi connectivity index (χ3v) is 3.93. The van der Waals surface area contributed by atoms with Gasteiger partial charge in [0.2, 0.25) is 0 Å². The van der Waals surface area contributed by atoms with Crippen LogP contribution < -0.4 is 4.90 Å². The van der Waals surface area contributed by atoms with Crippen LogP contribution in [0.4, 0.5) is 11.4 Å². The first-order valence-electron chi connectivity index (χ1n) is 6.34. The zero-order valence-electron chi connectivity index (χ0n) is 11.2. The summed E-state index contributed by atoms with van der Waals surface area (Å²) in [4.78, 5) is 6.36. The molecule has 1 aromatic carbocycles. The van der Waals surface area contributed by atoms with E-state index in [0.717, 1.165) is 37.6 Å². The van der Waals surface area contributed by atoms with Gasteiger partial charge in [-0.15, -0.1) is 0 Å². The Hall–Kier alpha value is -1.81. The smallest absolute Gasteiger partial charge is 0.121 e. The highest BCUT2D eigenvalue weighted by Crippen LogP contribution is 2.41. The number of nitrogens with zero attached hydrogens (tertiary/aromatic N) is 2. The van der Waals surface area contributed by atoms with Crippen LogP contribution in [-0.4, -0.2) is 40.1 Å². The van der Waals surface area contributed by atoms with Crippen LogP contribution in [0.25, 0.3) is 5.76 Å².